The van der Waals surface area contributed by atoms with Gasteiger partial charge in [0.05, 0.1) is 5.92 Å². The molecule has 1 saturated carbocycles. The first kappa shape index (κ1) is 13.8. The number of carbonyl (C=O) groups is 2. The van der Waals surface area contributed by atoms with E-state index in [0.29, 0.717) is 6.54 Å². The lowest BCUT2D eigenvalue weighted by Gasteiger charge is -2.41. The van der Waals surface area contributed by atoms with Crippen LogP contribution in [0.4, 0.5) is 4.79 Å². The summed E-state index contributed by atoms with van der Waals surface area (Å²) >= 11 is 0. The van der Waals surface area contributed by atoms with Crippen LogP contribution >= 0.6 is 0 Å². The topological polar surface area (TPSA) is 78.4 Å². The normalized spacial score (nSPS) is 18.9. The molecule has 0 aliphatic heterocycles. The second-order valence-corrected chi connectivity index (χ2v) is 5.01. The summed E-state index contributed by atoms with van der Waals surface area (Å²) in [6, 6.07) is -0.266. The molecule has 1 aliphatic rings. The number of carboxylic acids is 1. The van der Waals surface area contributed by atoms with E-state index in [2.05, 4.69) is 17.6 Å². The summed E-state index contributed by atoms with van der Waals surface area (Å²) in [6.45, 7) is 4.57. The number of aliphatic carboxylic acids is 1. The Morgan fingerprint density at radius 1 is 1.35 bits per heavy atom. The summed E-state index contributed by atoms with van der Waals surface area (Å²) in [7, 11) is 0. The number of amides is 2. The van der Waals surface area contributed by atoms with E-state index in [-0.39, 0.29) is 18.0 Å². The van der Waals surface area contributed by atoms with Crippen LogP contribution in [0.3, 0.4) is 0 Å². The van der Waals surface area contributed by atoms with Gasteiger partial charge < -0.3 is 15.7 Å². The fourth-order valence-electron chi connectivity index (χ4n) is 2.00. The van der Waals surface area contributed by atoms with Gasteiger partial charge in [-0.1, -0.05) is 20.3 Å². The van der Waals surface area contributed by atoms with Crippen molar-refractivity contribution in [2.24, 2.45) is 11.3 Å². The Balaban J connectivity index is 2.19. The third kappa shape index (κ3) is 3.91. The van der Waals surface area contributed by atoms with Crippen LogP contribution in [0.25, 0.3) is 0 Å². The number of hydrogen-bond acceptors (Lipinski definition) is 2. The predicted molar refractivity (Wildman–Crippen MR) is 64.8 cm³/mol. The maximum absolute atomic E-state index is 11.5. The van der Waals surface area contributed by atoms with Gasteiger partial charge in [0.2, 0.25) is 0 Å². The smallest absolute Gasteiger partial charge is 0.314 e. The lowest BCUT2D eigenvalue weighted by molar-refractivity contribution is -0.140. The van der Waals surface area contributed by atoms with E-state index in [0.717, 1.165) is 6.42 Å². The summed E-state index contributed by atoms with van der Waals surface area (Å²) in [6.07, 6.45) is 4.68. The minimum absolute atomic E-state index is 0.167. The van der Waals surface area contributed by atoms with E-state index in [4.69, 9.17) is 5.11 Å². The monoisotopic (exact) mass is 242 g/mol. The minimum atomic E-state index is -0.894. The van der Waals surface area contributed by atoms with Crippen molar-refractivity contribution in [1.29, 1.82) is 0 Å². The van der Waals surface area contributed by atoms with Crippen molar-refractivity contribution >= 4 is 12.0 Å². The first-order chi connectivity index (χ1) is 7.99. The summed E-state index contributed by atoms with van der Waals surface area (Å²) in [4.78, 5) is 22.0. The van der Waals surface area contributed by atoms with E-state index in [1.165, 1.54) is 19.3 Å². The predicted octanol–water partition coefficient (Wildman–Crippen LogP) is 1.59. The standard InChI is InChI=1S/C12H22N2O3/c1-3-12(5-4-6-12)8-14-11(17)13-7-9(2)10(15)16/h9H,3-8H2,1-2H3,(H,15,16)(H2,13,14,17). The SMILES string of the molecule is CCC1(CNC(=O)NCC(C)C(=O)O)CCC1. The van der Waals surface area contributed by atoms with Gasteiger partial charge in [-0.3, -0.25) is 4.79 Å². The molecule has 17 heavy (non-hydrogen) atoms. The molecule has 0 spiro atoms. The lowest BCUT2D eigenvalue weighted by Crippen LogP contribution is -2.46. The molecule has 0 saturated heterocycles. The van der Waals surface area contributed by atoms with E-state index >= 15 is 0 Å². The van der Waals surface area contributed by atoms with Crippen LogP contribution in [-0.4, -0.2) is 30.2 Å². The van der Waals surface area contributed by atoms with E-state index in [9.17, 15) is 9.59 Å². The molecule has 98 valence electrons. The van der Waals surface area contributed by atoms with Crippen molar-refractivity contribution in [3.8, 4) is 0 Å². The zero-order valence-electron chi connectivity index (χ0n) is 10.6. The molecule has 0 aromatic heterocycles. The summed E-state index contributed by atoms with van der Waals surface area (Å²) in [5.74, 6) is -1.45. The molecule has 1 rings (SSSR count). The first-order valence-corrected chi connectivity index (χ1v) is 6.23. The molecule has 0 heterocycles. The maximum atomic E-state index is 11.5. The molecule has 5 heteroatoms. The van der Waals surface area contributed by atoms with Gasteiger partial charge in [-0.25, -0.2) is 4.79 Å². The van der Waals surface area contributed by atoms with Crippen LogP contribution < -0.4 is 10.6 Å². The highest BCUT2D eigenvalue weighted by molar-refractivity contribution is 5.75. The average Bonchev–Trinajstić information content (AvgIpc) is 2.24. The minimum Gasteiger partial charge on any atom is -0.481 e. The molecule has 1 atom stereocenters. The van der Waals surface area contributed by atoms with Crippen LogP contribution in [-0.2, 0) is 4.79 Å². The Morgan fingerprint density at radius 2 is 2.00 bits per heavy atom. The van der Waals surface area contributed by atoms with Crippen LogP contribution in [0.1, 0.15) is 39.5 Å². The molecular weight excluding hydrogens is 220 g/mol. The molecule has 5 nitrogen and oxygen atoms in total. The van der Waals surface area contributed by atoms with Gasteiger partial charge in [0.15, 0.2) is 0 Å². The second-order valence-electron chi connectivity index (χ2n) is 5.01. The molecule has 3 N–H and O–H groups in total. The molecule has 1 unspecified atom stereocenters. The highest BCUT2D eigenvalue weighted by atomic mass is 16.4. The van der Waals surface area contributed by atoms with Gasteiger partial charge >= 0.3 is 12.0 Å². The molecular formula is C12H22N2O3. The zero-order valence-corrected chi connectivity index (χ0v) is 10.6. The lowest BCUT2D eigenvalue weighted by atomic mass is 9.67. The number of urea groups is 1. The first-order valence-electron chi connectivity index (χ1n) is 6.23. The second kappa shape index (κ2) is 5.89. The Kier molecular flexibility index (Phi) is 4.78. The van der Waals surface area contributed by atoms with Crippen molar-refractivity contribution in [2.75, 3.05) is 13.1 Å². The fraction of sp³-hybridized carbons (Fsp3) is 0.833. The number of rotatable bonds is 6. The highest BCUT2D eigenvalue weighted by Crippen LogP contribution is 2.42. The Hall–Kier alpha value is -1.26. The van der Waals surface area contributed by atoms with Crippen LogP contribution in [0, 0.1) is 11.3 Å². The van der Waals surface area contributed by atoms with Crippen LogP contribution in [0.5, 0.6) is 0 Å². The van der Waals surface area contributed by atoms with Crippen molar-refractivity contribution in [3.05, 3.63) is 0 Å². The molecule has 1 aliphatic carbocycles. The molecule has 1 fully saturated rings. The Bertz CT molecular complexity index is 282. The highest BCUT2D eigenvalue weighted by Gasteiger charge is 2.35. The molecule has 0 radical (unpaired) electrons. The average molecular weight is 242 g/mol. The van der Waals surface area contributed by atoms with Gasteiger partial charge in [0.1, 0.15) is 0 Å². The number of hydrogen-bond donors (Lipinski definition) is 3. The van der Waals surface area contributed by atoms with Crippen LogP contribution in [0.15, 0.2) is 0 Å². The number of carbonyl (C=O) groups excluding carboxylic acids is 1. The van der Waals surface area contributed by atoms with Crippen molar-refractivity contribution in [3.63, 3.8) is 0 Å². The molecule has 2 amide bonds. The third-order valence-electron chi connectivity index (χ3n) is 3.78. The van der Waals surface area contributed by atoms with Crippen LogP contribution in [0.2, 0.25) is 0 Å². The maximum Gasteiger partial charge on any atom is 0.314 e. The fourth-order valence-corrected chi connectivity index (χ4v) is 2.00. The third-order valence-corrected chi connectivity index (χ3v) is 3.78. The molecule has 0 aromatic rings. The van der Waals surface area contributed by atoms with Crippen molar-refractivity contribution in [1.82, 2.24) is 10.6 Å². The van der Waals surface area contributed by atoms with E-state index in [1.807, 2.05) is 0 Å². The van der Waals surface area contributed by atoms with Gasteiger partial charge in [-0.05, 0) is 24.7 Å². The summed E-state index contributed by atoms with van der Waals surface area (Å²) in [5.41, 5.74) is 0.287. The molecule has 0 aromatic carbocycles. The van der Waals surface area contributed by atoms with Crippen molar-refractivity contribution in [2.45, 2.75) is 39.5 Å². The number of nitrogens with one attached hydrogen (secondary N) is 2. The van der Waals surface area contributed by atoms with Gasteiger partial charge in [0, 0.05) is 13.1 Å². The summed E-state index contributed by atoms with van der Waals surface area (Å²) < 4.78 is 0. The zero-order chi connectivity index (χ0) is 12.9. The van der Waals surface area contributed by atoms with E-state index in [1.54, 1.807) is 6.92 Å². The molecule has 0 bridgehead atoms. The van der Waals surface area contributed by atoms with Gasteiger partial charge in [0.25, 0.3) is 0 Å². The summed E-state index contributed by atoms with van der Waals surface area (Å²) in [5, 5.41) is 14.1. The van der Waals surface area contributed by atoms with Gasteiger partial charge in [-0.15, -0.1) is 0 Å². The van der Waals surface area contributed by atoms with E-state index < -0.39 is 11.9 Å². The number of carboxylic acid groups (broad SMARTS) is 1. The van der Waals surface area contributed by atoms with Gasteiger partial charge in [-0.2, -0.15) is 0 Å². The Morgan fingerprint density at radius 3 is 2.41 bits per heavy atom. The quantitative estimate of drug-likeness (QED) is 0.661. The van der Waals surface area contributed by atoms with Crippen molar-refractivity contribution < 1.29 is 14.7 Å². The largest absolute Gasteiger partial charge is 0.481 e. The Labute approximate surface area is 102 Å².